The molecule has 0 spiro atoms. The standard InChI is InChI=1S/C11H20O2/c1-3-4-5-7-10(12)11(2)8-6-9-13-11/h3,10,12H,1,4-9H2,2H3. The van der Waals surface area contributed by atoms with Crippen LogP contribution in [0.5, 0.6) is 0 Å². The Hall–Kier alpha value is -0.340. The van der Waals surface area contributed by atoms with Crippen molar-refractivity contribution in [3.05, 3.63) is 12.7 Å². The molecule has 1 heterocycles. The third-order valence-electron chi connectivity index (χ3n) is 2.84. The van der Waals surface area contributed by atoms with Crippen molar-refractivity contribution in [1.82, 2.24) is 0 Å². The summed E-state index contributed by atoms with van der Waals surface area (Å²) in [4.78, 5) is 0. The summed E-state index contributed by atoms with van der Waals surface area (Å²) in [6.07, 6.45) is 6.45. The maximum Gasteiger partial charge on any atom is 0.0913 e. The molecule has 1 rings (SSSR count). The number of hydrogen-bond donors (Lipinski definition) is 1. The molecule has 0 radical (unpaired) electrons. The van der Waals surface area contributed by atoms with Crippen LogP contribution in [0.3, 0.4) is 0 Å². The van der Waals surface area contributed by atoms with Gasteiger partial charge in [0.2, 0.25) is 0 Å². The van der Waals surface area contributed by atoms with Crippen molar-refractivity contribution in [3.8, 4) is 0 Å². The van der Waals surface area contributed by atoms with Gasteiger partial charge in [-0.1, -0.05) is 6.08 Å². The van der Waals surface area contributed by atoms with E-state index in [1.54, 1.807) is 0 Å². The van der Waals surface area contributed by atoms with Gasteiger partial charge in [-0.05, 0) is 39.0 Å². The molecule has 2 nitrogen and oxygen atoms in total. The monoisotopic (exact) mass is 184 g/mol. The van der Waals surface area contributed by atoms with Crippen molar-refractivity contribution in [2.45, 2.75) is 50.7 Å². The summed E-state index contributed by atoms with van der Waals surface area (Å²) in [5.74, 6) is 0. The third-order valence-corrected chi connectivity index (χ3v) is 2.84. The van der Waals surface area contributed by atoms with Gasteiger partial charge in [-0.25, -0.2) is 0 Å². The predicted octanol–water partition coefficient (Wildman–Crippen LogP) is 2.27. The van der Waals surface area contributed by atoms with Crippen LogP contribution >= 0.6 is 0 Å². The van der Waals surface area contributed by atoms with Crippen molar-refractivity contribution >= 4 is 0 Å². The molecule has 76 valence electrons. The van der Waals surface area contributed by atoms with E-state index in [-0.39, 0.29) is 11.7 Å². The van der Waals surface area contributed by atoms with Crippen molar-refractivity contribution < 1.29 is 9.84 Å². The zero-order chi connectivity index (χ0) is 9.73. The van der Waals surface area contributed by atoms with Gasteiger partial charge in [0.25, 0.3) is 0 Å². The molecule has 0 saturated carbocycles. The average molecular weight is 184 g/mol. The van der Waals surface area contributed by atoms with Gasteiger partial charge in [-0.15, -0.1) is 6.58 Å². The van der Waals surface area contributed by atoms with Crippen LogP contribution in [0.1, 0.15) is 39.0 Å². The molecule has 0 amide bonds. The molecule has 0 aromatic heterocycles. The predicted molar refractivity (Wildman–Crippen MR) is 53.6 cm³/mol. The minimum atomic E-state index is -0.310. The molecule has 2 atom stereocenters. The van der Waals surface area contributed by atoms with Crippen LogP contribution in [0.15, 0.2) is 12.7 Å². The summed E-state index contributed by atoms with van der Waals surface area (Å²) in [6.45, 7) is 6.47. The lowest BCUT2D eigenvalue weighted by molar-refractivity contribution is -0.0807. The van der Waals surface area contributed by atoms with E-state index in [1.165, 1.54) is 0 Å². The highest BCUT2D eigenvalue weighted by atomic mass is 16.5. The van der Waals surface area contributed by atoms with Crippen LogP contribution in [0.2, 0.25) is 0 Å². The van der Waals surface area contributed by atoms with Gasteiger partial charge in [0.05, 0.1) is 11.7 Å². The van der Waals surface area contributed by atoms with Crippen molar-refractivity contribution in [1.29, 1.82) is 0 Å². The maximum atomic E-state index is 9.88. The molecule has 1 saturated heterocycles. The van der Waals surface area contributed by atoms with Crippen LogP contribution in [0.25, 0.3) is 0 Å². The Kier molecular flexibility index (Phi) is 3.94. The Morgan fingerprint density at radius 3 is 3.00 bits per heavy atom. The fraction of sp³-hybridized carbons (Fsp3) is 0.818. The molecule has 0 aliphatic carbocycles. The molecule has 1 aliphatic rings. The lowest BCUT2D eigenvalue weighted by atomic mass is 9.92. The highest BCUT2D eigenvalue weighted by Crippen LogP contribution is 2.30. The Bertz CT molecular complexity index is 159. The molecule has 2 heteroatoms. The number of aliphatic hydroxyl groups is 1. The van der Waals surface area contributed by atoms with Crippen LogP contribution in [0.4, 0.5) is 0 Å². The topological polar surface area (TPSA) is 29.5 Å². The minimum Gasteiger partial charge on any atom is -0.390 e. The first-order chi connectivity index (χ1) is 6.19. The molecule has 0 aromatic carbocycles. The number of hydrogen-bond acceptors (Lipinski definition) is 2. The smallest absolute Gasteiger partial charge is 0.0913 e. The number of allylic oxidation sites excluding steroid dienone is 1. The highest BCUT2D eigenvalue weighted by Gasteiger charge is 2.36. The Morgan fingerprint density at radius 1 is 1.69 bits per heavy atom. The molecule has 0 bridgehead atoms. The van der Waals surface area contributed by atoms with Gasteiger partial charge in [-0.3, -0.25) is 0 Å². The number of ether oxygens (including phenoxy) is 1. The fourth-order valence-corrected chi connectivity index (χ4v) is 1.82. The lowest BCUT2D eigenvalue weighted by Gasteiger charge is -2.29. The summed E-state index contributed by atoms with van der Waals surface area (Å²) < 4.78 is 5.56. The average Bonchev–Trinajstić information content (AvgIpc) is 2.54. The van der Waals surface area contributed by atoms with Crippen molar-refractivity contribution in [2.24, 2.45) is 0 Å². The maximum absolute atomic E-state index is 9.88. The molecular formula is C11H20O2. The summed E-state index contributed by atoms with van der Waals surface area (Å²) in [7, 11) is 0. The van der Waals surface area contributed by atoms with Gasteiger partial charge in [-0.2, -0.15) is 0 Å². The van der Waals surface area contributed by atoms with Gasteiger partial charge in [0.15, 0.2) is 0 Å². The van der Waals surface area contributed by atoms with Crippen LogP contribution in [0, 0.1) is 0 Å². The van der Waals surface area contributed by atoms with E-state index in [9.17, 15) is 5.11 Å². The first-order valence-electron chi connectivity index (χ1n) is 5.12. The zero-order valence-electron chi connectivity index (χ0n) is 8.46. The highest BCUT2D eigenvalue weighted by molar-refractivity contribution is 4.87. The van der Waals surface area contributed by atoms with Gasteiger partial charge < -0.3 is 9.84 Å². The van der Waals surface area contributed by atoms with E-state index in [0.717, 1.165) is 38.7 Å². The summed E-state index contributed by atoms with van der Waals surface area (Å²) >= 11 is 0. The van der Waals surface area contributed by atoms with E-state index in [2.05, 4.69) is 6.58 Å². The number of aliphatic hydroxyl groups excluding tert-OH is 1. The second-order valence-corrected chi connectivity index (χ2v) is 4.00. The molecule has 2 unspecified atom stereocenters. The SMILES string of the molecule is C=CCCCC(O)C1(C)CCCO1. The molecule has 1 N–H and O–H groups in total. The van der Waals surface area contributed by atoms with Crippen molar-refractivity contribution in [3.63, 3.8) is 0 Å². The van der Waals surface area contributed by atoms with Gasteiger partial charge in [0, 0.05) is 6.61 Å². The second-order valence-electron chi connectivity index (χ2n) is 4.00. The second kappa shape index (κ2) is 4.77. The molecular weight excluding hydrogens is 164 g/mol. The Balaban J connectivity index is 2.28. The molecule has 1 aliphatic heterocycles. The minimum absolute atomic E-state index is 0.277. The van der Waals surface area contributed by atoms with E-state index in [0.29, 0.717) is 0 Å². The van der Waals surface area contributed by atoms with E-state index in [1.807, 2.05) is 13.0 Å². The molecule has 1 fully saturated rings. The summed E-state index contributed by atoms with van der Waals surface area (Å²) in [5.41, 5.74) is -0.277. The first-order valence-corrected chi connectivity index (χ1v) is 5.12. The first kappa shape index (κ1) is 10.7. The van der Waals surface area contributed by atoms with Crippen LogP contribution < -0.4 is 0 Å². The molecule has 13 heavy (non-hydrogen) atoms. The van der Waals surface area contributed by atoms with E-state index in [4.69, 9.17) is 4.74 Å². The van der Waals surface area contributed by atoms with E-state index < -0.39 is 0 Å². The fourth-order valence-electron chi connectivity index (χ4n) is 1.82. The number of rotatable bonds is 5. The lowest BCUT2D eigenvalue weighted by Crippen LogP contribution is -2.38. The molecule has 0 aromatic rings. The zero-order valence-corrected chi connectivity index (χ0v) is 8.46. The normalized spacial score (nSPS) is 30.3. The van der Waals surface area contributed by atoms with Gasteiger partial charge >= 0.3 is 0 Å². The summed E-state index contributed by atoms with van der Waals surface area (Å²) in [5, 5.41) is 9.88. The largest absolute Gasteiger partial charge is 0.390 e. The Morgan fingerprint density at radius 2 is 2.46 bits per heavy atom. The third kappa shape index (κ3) is 2.82. The quantitative estimate of drug-likeness (QED) is 0.524. The summed E-state index contributed by atoms with van der Waals surface area (Å²) in [6, 6.07) is 0. The van der Waals surface area contributed by atoms with Crippen LogP contribution in [-0.4, -0.2) is 23.4 Å². The van der Waals surface area contributed by atoms with Crippen LogP contribution in [-0.2, 0) is 4.74 Å². The van der Waals surface area contributed by atoms with E-state index >= 15 is 0 Å². The van der Waals surface area contributed by atoms with Gasteiger partial charge in [0.1, 0.15) is 0 Å². The van der Waals surface area contributed by atoms with Crippen molar-refractivity contribution in [2.75, 3.05) is 6.61 Å². The Labute approximate surface area is 80.6 Å². The number of unbranched alkanes of at least 4 members (excludes halogenated alkanes) is 1.